The average Bonchev–Trinajstić information content (AvgIpc) is 3.16. The fraction of sp³-hybridized carbons (Fsp3) is 0.158. The second-order valence-electron chi connectivity index (χ2n) is 5.61. The lowest BCUT2D eigenvalue weighted by atomic mass is 10.1. The van der Waals surface area contributed by atoms with Crippen molar-refractivity contribution in [2.45, 2.75) is 11.8 Å². The van der Waals surface area contributed by atoms with Gasteiger partial charge in [0.15, 0.2) is 15.6 Å². The van der Waals surface area contributed by atoms with Gasteiger partial charge in [-0.3, -0.25) is 0 Å². The van der Waals surface area contributed by atoms with E-state index in [4.69, 9.17) is 14.4 Å². The third-order valence-electron chi connectivity index (χ3n) is 3.96. The summed E-state index contributed by atoms with van der Waals surface area (Å²) in [4.78, 5) is 4.36. The van der Waals surface area contributed by atoms with Gasteiger partial charge in [0.05, 0.1) is 41.3 Å². The molecule has 1 heterocycles. The second kappa shape index (κ2) is 7.51. The number of aromatic nitrogens is 1. The number of ether oxygens (including phenoxy) is 1. The van der Waals surface area contributed by atoms with Crippen LogP contribution >= 0.6 is 0 Å². The predicted molar refractivity (Wildman–Crippen MR) is 101 cm³/mol. The predicted octanol–water partition coefficient (Wildman–Crippen LogP) is 3.76. The smallest absolute Gasteiger partial charge is 0.299 e. The van der Waals surface area contributed by atoms with Gasteiger partial charge in [-0.15, -0.1) is 0 Å². The number of benzene rings is 2. The standard InChI is InChI=1S/C19H17N3O4S/c1-3-27(23,24)15-8-9-17(25-2)16(10-15)22-19-21-12-18(26-19)14-6-4-13(11-20)5-7-14/h4-10,12H,3H2,1-2H3,(H,21,22). The van der Waals surface area contributed by atoms with Gasteiger partial charge in [0.1, 0.15) is 5.75 Å². The number of hydrogen-bond acceptors (Lipinski definition) is 7. The topological polar surface area (TPSA) is 105 Å². The summed E-state index contributed by atoms with van der Waals surface area (Å²) >= 11 is 0. The van der Waals surface area contributed by atoms with Gasteiger partial charge in [0.2, 0.25) is 0 Å². The molecule has 0 radical (unpaired) electrons. The molecule has 7 nitrogen and oxygen atoms in total. The number of nitrogens with zero attached hydrogens (tertiary/aromatic N) is 2. The zero-order chi connectivity index (χ0) is 19.4. The lowest BCUT2D eigenvalue weighted by Crippen LogP contribution is -2.05. The number of nitriles is 1. The minimum Gasteiger partial charge on any atom is -0.495 e. The van der Waals surface area contributed by atoms with E-state index in [1.54, 1.807) is 43.5 Å². The minimum absolute atomic E-state index is 0.000607. The zero-order valence-electron chi connectivity index (χ0n) is 14.8. The van der Waals surface area contributed by atoms with E-state index in [0.29, 0.717) is 22.8 Å². The Morgan fingerprint density at radius 3 is 2.59 bits per heavy atom. The first-order chi connectivity index (χ1) is 13.0. The highest BCUT2D eigenvalue weighted by molar-refractivity contribution is 7.91. The molecule has 0 bridgehead atoms. The SMILES string of the molecule is CCS(=O)(=O)c1ccc(OC)c(Nc2ncc(-c3ccc(C#N)cc3)o2)c1. The van der Waals surface area contributed by atoms with Gasteiger partial charge in [0.25, 0.3) is 6.01 Å². The highest BCUT2D eigenvalue weighted by atomic mass is 32.2. The van der Waals surface area contributed by atoms with Crippen molar-refractivity contribution in [2.24, 2.45) is 0 Å². The fourth-order valence-electron chi connectivity index (χ4n) is 2.43. The molecule has 27 heavy (non-hydrogen) atoms. The van der Waals surface area contributed by atoms with Gasteiger partial charge < -0.3 is 14.5 Å². The molecule has 1 N–H and O–H groups in total. The van der Waals surface area contributed by atoms with Crippen molar-refractivity contribution in [3.8, 4) is 23.1 Å². The van der Waals surface area contributed by atoms with Crippen LogP contribution in [0.2, 0.25) is 0 Å². The van der Waals surface area contributed by atoms with Crippen molar-refractivity contribution in [1.29, 1.82) is 5.26 Å². The first kappa shape index (κ1) is 18.5. The largest absolute Gasteiger partial charge is 0.495 e. The molecule has 3 aromatic rings. The maximum Gasteiger partial charge on any atom is 0.299 e. The summed E-state index contributed by atoms with van der Waals surface area (Å²) in [6.45, 7) is 1.59. The van der Waals surface area contributed by atoms with Crippen molar-refractivity contribution in [3.05, 3.63) is 54.2 Å². The number of nitrogens with one attached hydrogen (secondary N) is 1. The summed E-state index contributed by atoms with van der Waals surface area (Å²) in [5.41, 5.74) is 1.75. The summed E-state index contributed by atoms with van der Waals surface area (Å²) in [7, 11) is -1.86. The van der Waals surface area contributed by atoms with Gasteiger partial charge in [-0.1, -0.05) is 6.92 Å². The Bertz CT molecular complexity index is 1100. The number of sulfone groups is 1. The van der Waals surface area contributed by atoms with Crippen LogP contribution in [0.25, 0.3) is 11.3 Å². The van der Waals surface area contributed by atoms with Crippen molar-refractivity contribution >= 4 is 21.5 Å². The van der Waals surface area contributed by atoms with E-state index in [1.165, 1.54) is 19.2 Å². The van der Waals surface area contributed by atoms with Gasteiger partial charge in [-0.05, 0) is 42.5 Å². The highest BCUT2D eigenvalue weighted by Crippen LogP contribution is 2.32. The number of anilines is 2. The normalized spacial score (nSPS) is 11.0. The van der Waals surface area contributed by atoms with Crippen molar-refractivity contribution < 1.29 is 17.6 Å². The molecular formula is C19H17N3O4S. The van der Waals surface area contributed by atoms with E-state index in [2.05, 4.69) is 16.4 Å². The summed E-state index contributed by atoms with van der Waals surface area (Å²) in [5, 5.41) is 11.8. The van der Waals surface area contributed by atoms with Crippen molar-refractivity contribution in [3.63, 3.8) is 0 Å². The van der Waals surface area contributed by atoms with E-state index >= 15 is 0 Å². The molecule has 0 aliphatic carbocycles. The number of hydrogen-bond donors (Lipinski definition) is 1. The third kappa shape index (κ3) is 3.93. The Kier molecular flexibility index (Phi) is 5.14. The molecule has 0 saturated heterocycles. The summed E-state index contributed by atoms with van der Waals surface area (Å²) in [6, 6.07) is 13.7. The number of methoxy groups -OCH3 is 1. The molecule has 0 unspecified atom stereocenters. The Labute approximate surface area is 157 Å². The van der Waals surface area contributed by atoms with E-state index in [0.717, 1.165) is 5.56 Å². The summed E-state index contributed by atoms with van der Waals surface area (Å²) < 4.78 is 35.2. The monoisotopic (exact) mass is 383 g/mol. The molecule has 0 aliphatic rings. The Morgan fingerprint density at radius 1 is 1.22 bits per heavy atom. The Balaban J connectivity index is 1.90. The van der Waals surface area contributed by atoms with Gasteiger partial charge in [-0.25, -0.2) is 13.4 Å². The molecule has 0 spiro atoms. The Hall–Kier alpha value is -3.31. The first-order valence-corrected chi connectivity index (χ1v) is 9.76. The molecule has 2 aromatic carbocycles. The maximum absolute atomic E-state index is 12.1. The van der Waals surface area contributed by atoms with Crippen LogP contribution in [0.4, 0.5) is 11.7 Å². The molecule has 0 aliphatic heterocycles. The number of rotatable bonds is 6. The number of oxazole rings is 1. The van der Waals surface area contributed by atoms with E-state index in [9.17, 15) is 8.42 Å². The first-order valence-electron chi connectivity index (χ1n) is 8.11. The fourth-order valence-corrected chi connectivity index (χ4v) is 3.34. The third-order valence-corrected chi connectivity index (χ3v) is 5.69. The molecule has 0 atom stereocenters. The lowest BCUT2D eigenvalue weighted by molar-refractivity contribution is 0.416. The zero-order valence-corrected chi connectivity index (χ0v) is 15.6. The van der Waals surface area contributed by atoms with Crippen molar-refractivity contribution in [2.75, 3.05) is 18.2 Å². The van der Waals surface area contributed by atoms with Crippen LogP contribution < -0.4 is 10.1 Å². The van der Waals surface area contributed by atoms with Crippen LogP contribution in [0.5, 0.6) is 5.75 Å². The molecular weight excluding hydrogens is 366 g/mol. The molecule has 8 heteroatoms. The van der Waals surface area contributed by atoms with E-state index in [-0.39, 0.29) is 16.7 Å². The van der Waals surface area contributed by atoms with Gasteiger partial charge in [0, 0.05) is 5.56 Å². The van der Waals surface area contributed by atoms with Crippen LogP contribution in [0.15, 0.2) is 58.0 Å². The molecule has 138 valence electrons. The van der Waals surface area contributed by atoms with E-state index < -0.39 is 9.84 Å². The summed E-state index contributed by atoms with van der Waals surface area (Å²) in [5.74, 6) is 0.974. The molecule has 0 amide bonds. The Morgan fingerprint density at radius 2 is 1.96 bits per heavy atom. The molecule has 1 aromatic heterocycles. The quantitative estimate of drug-likeness (QED) is 0.691. The van der Waals surface area contributed by atoms with Gasteiger partial charge >= 0.3 is 0 Å². The molecule has 0 fully saturated rings. The summed E-state index contributed by atoms with van der Waals surface area (Å²) in [6.07, 6.45) is 1.54. The van der Waals surface area contributed by atoms with Crippen LogP contribution in [0, 0.1) is 11.3 Å². The molecule has 3 rings (SSSR count). The van der Waals surface area contributed by atoms with Crippen LogP contribution in [-0.4, -0.2) is 26.3 Å². The van der Waals surface area contributed by atoms with Crippen LogP contribution in [-0.2, 0) is 9.84 Å². The minimum atomic E-state index is -3.36. The average molecular weight is 383 g/mol. The van der Waals surface area contributed by atoms with Crippen molar-refractivity contribution in [1.82, 2.24) is 4.98 Å². The lowest BCUT2D eigenvalue weighted by Gasteiger charge is -2.10. The molecule has 0 saturated carbocycles. The van der Waals surface area contributed by atoms with Crippen LogP contribution in [0.1, 0.15) is 12.5 Å². The maximum atomic E-state index is 12.1. The van der Waals surface area contributed by atoms with Crippen LogP contribution in [0.3, 0.4) is 0 Å². The van der Waals surface area contributed by atoms with E-state index in [1.807, 2.05) is 0 Å². The van der Waals surface area contributed by atoms with Gasteiger partial charge in [-0.2, -0.15) is 5.26 Å². The second-order valence-corrected chi connectivity index (χ2v) is 7.89. The highest BCUT2D eigenvalue weighted by Gasteiger charge is 2.16.